The molecule has 0 bridgehead atoms. The lowest BCUT2D eigenvalue weighted by molar-refractivity contribution is 0.619. The van der Waals surface area contributed by atoms with Gasteiger partial charge in [0.15, 0.2) is 0 Å². The fourth-order valence-corrected chi connectivity index (χ4v) is 3.88. The van der Waals surface area contributed by atoms with Crippen LogP contribution in [0.2, 0.25) is 0 Å². The van der Waals surface area contributed by atoms with E-state index < -0.39 is 0 Å². The topological polar surface area (TPSA) is 0 Å². The summed E-state index contributed by atoms with van der Waals surface area (Å²) in [4.78, 5) is 0. The van der Waals surface area contributed by atoms with Crippen LogP contribution in [-0.2, 0) is 19.3 Å². The molecule has 0 aliphatic heterocycles. The van der Waals surface area contributed by atoms with Crippen LogP contribution in [0, 0.1) is 11.6 Å². The third kappa shape index (κ3) is 4.59. The molecule has 0 spiro atoms. The number of fused-ring (bicyclic) bond motifs is 1. The van der Waals surface area contributed by atoms with Crippen LogP contribution in [0.25, 0.3) is 21.9 Å². The van der Waals surface area contributed by atoms with Gasteiger partial charge >= 0.3 is 0 Å². The van der Waals surface area contributed by atoms with Crippen molar-refractivity contribution < 1.29 is 8.78 Å². The molecule has 30 heavy (non-hydrogen) atoms. The van der Waals surface area contributed by atoms with Gasteiger partial charge in [-0.2, -0.15) is 0 Å². The molecule has 0 nitrogen and oxygen atoms in total. The van der Waals surface area contributed by atoms with Crippen LogP contribution in [0.15, 0.2) is 78.9 Å². The molecule has 0 fully saturated rings. The number of hydrogen-bond donors (Lipinski definition) is 0. The van der Waals surface area contributed by atoms with Crippen LogP contribution in [0.4, 0.5) is 8.78 Å². The Balaban J connectivity index is 1.54. The van der Waals surface area contributed by atoms with Crippen molar-refractivity contribution in [2.45, 2.75) is 39.0 Å². The number of rotatable bonds is 7. The smallest absolute Gasteiger partial charge is 0.134 e. The first kappa shape index (κ1) is 20.3. The Morgan fingerprint density at radius 3 is 2.03 bits per heavy atom. The second-order valence-corrected chi connectivity index (χ2v) is 7.90. The van der Waals surface area contributed by atoms with E-state index in [4.69, 9.17) is 0 Å². The Hall–Kier alpha value is -3.00. The molecule has 4 rings (SSSR count). The van der Waals surface area contributed by atoms with Crippen LogP contribution in [0.5, 0.6) is 0 Å². The molecule has 4 aromatic carbocycles. The van der Waals surface area contributed by atoms with Crippen LogP contribution in [-0.4, -0.2) is 0 Å². The summed E-state index contributed by atoms with van der Waals surface area (Å²) in [7, 11) is 0. The van der Waals surface area contributed by atoms with Gasteiger partial charge in [0, 0.05) is 5.39 Å². The molecule has 0 radical (unpaired) electrons. The highest BCUT2D eigenvalue weighted by molar-refractivity contribution is 5.88. The number of halogens is 2. The fourth-order valence-electron chi connectivity index (χ4n) is 3.88. The van der Waals surface area contributed by atoms with E-state index in [2.05, 4.69) is 37.3 Å². The van der Waals surface area contributed by atoms with E-state index in [1.807, 2.05) is 24.3 Å². The standard InChI is InChI=1S/C28H26F2/c1-2-3-4-20-5-10-22(11-6-20)24-15-18-27-25(19-24)14-13-23(28(27)30)12-7-21-8-16-26(29)17-9-21/h5-6,8-11,13-19H,2-4,7,12H2,1H3. The predicted molar refractivity (Wildman–Crippen MR) is 122 cm³/mol. The first-order valence-corrected chi connectivity index (χ1v) is 10.7. The van der Waals surface area contributed by atoms with Gasteiger partial charge in [-0.25, -0.2) is 8.78 Å². The van der Waals surface area contributed by atoms with Gasteiger partial charge in [-0.05, 0) is 77.1 Å². The van der Waals surface area contributed by atoms with E-state index in [1.165, 1.54) is 30.5 Å². The largest absolute Gasteiger partial charge is 0.207 e. The van der Waals surface area contributed by atoms with Crippen molar-refractivity contribution >= 4 is 10.8 Å². The van der Waals surface area contributed by atoms with Crippen LogP contribution in [0.3, 0.4) is 0 Å². The van der Waals surface area contributed by atoms with Gasteiger partial charge in [0.1, 0.15) is 11.6 Å². The highest BCUT2D eigenvalue weighted by Gasteiger charge is 2.09. The Kier molecular flexibility index (Phi) is 6.23. The van der Waals surface area contributed by atoms with Crippen molar-refractivity contribution in [2.75, 3.05) is 0 Å². The molecule has 0 N–H and O–H groups in total. The zero-order chi connectivity index (χ0) is 20.9. The molecule has 0 amide bonds. The third-order valence-corrected chi connectivity index (χ3v) is 5.74. The molecular weight excluding hydrogens is 374 g/mol. The maximum absolute atomic E-state index is 15.1. The summed E-state index contributed by atoms with van der Waals surface area (Å²) in [5, 5.41) is 1.56. The average Bonchev–Trinajstić information content (AvgIpc) is 2.78. The highest BCUT2D eigenvalue weighted by atomic mass is 19.1. The van der Waals surface area contributed by atoms with Crippen molar-refractivity contribution in [3.63, 3.8) is 0 Å². The molecule has 4 aromatic rings. The summed E-state index contributed by atoms with van der Waals surface area (Å²) in [5.74, 6) is -0.405. The first-order valence-electron chi connectivity index (χ1n) is 10.7. The molecule has 0 saturated carbocycles. The summed E-state index contributed by atoms with van der Waals surface area (Å²) in [6, 6.07) is 24.9. The number of hydrogen-bond acceptors (Lipinski definition) is 0. The van der Waals surface area contributed by atoms with E-state index in [9.17, 15) is 4.39 Å². The van der Waals surface area contributed by atoms with Gasteiger partial charge < -0.3 is 0 Å². The number of unbranched alkanes of at least 4 members (excludes halogenated alkanes) is 1. The van der Waals surface area contributed by atoms with E-state index in [0.29, 0.717) is 23.8 Å². The lowest BCUT2D eigenvalue weighted by Gasteiger charge is -2.10. The maximum atomic E-state index is 15.1. The van der Waals surface area contributed by atoms with E-state index >= 15 is 4.39 Å². The highest BCUT2D eigenvalue weighted by Crippen LogP contribution is 2.28. The summed E-state index contributed by atoms with van der Waals surface area (Å²) < 4.78 is 28.1. The summed E-state index contributed by atoms with van der Waals surface area (Å²) in [6.45, 7) is 2.21. The van der Waals surface area contributed by atoms with Gasteiger partial charge in [-0.15, -0.1) is 0 Å². The monoisotopic (exact) mass is 400 g/mol. The number of benzene rings is 4. The molecular formula is C28H26F2. The summed E-state index contributed by atoms with van der Waals surface area (Å²) >= 11 is 0. The molecule has 0 atom stereocenters. The second kappa shape index (κ2) is 9.21. The van der Waals surface area contributed by atoms with Crippen molar-refractivity contribution in [3.8, 4) is 11.1 Å². The van der Waals surface area contributed by atoms with Gasteiger partial charge in [-0.3, -0.25) is 0 Å². The second-order valence-electron chi connectivity index (χ2n) is 7.90. The molecule has 0 heterocycles. The third-order valence-electron chi connectivity index (χ3n) is 5.74. The van der Waals surface area contributed by atoms with Crippen molar-refractivity contribution in [1.29, 1.82) is 0 Å². The SMILES string of the molecule is CCCCc1ccc(-c2ccc3c(F)c(CCc4ccc(F)cc4)ccc3c2)cc1. The van der Waals surface area contributed by atoms with E-state index in [-0.39, 0.29) is 11.6 Å². The molecule has 0 unspecified atom stereocenters. The Labute approximate surface area is 177 Å². The Morgan fingerprint density at radius 1 is 0.633 bits per heavy atom. The molecule has 0 aromatic heterocycles. The zero-order valence-corrected chi connectivity index (χ0v) is 17.3. The average molecular weight is 401 g/mol. The van der Waals surface area contributed by atoms with Gasteiger partial charge in [-0.1, -0.05) is 74.0 Å². The lowest BCUT2D eigenvalue weighted by atomic mass is 9.96. The van der Waals surface area contributed by atoms with Crippen LogP contribution in [0.1, 0.15) is 36.5 Å². The molecule has 2 heteroatoms. The molecule has 0 aliphatic rings. The Morgan fingerprint density at radius 2 is 1.30 bits per heavy atom. The summed E-state index contributed by atoms with van der Waals surface area (Å²) in [5.41, 5.74) is 5.31. The quantitative estimate of drug-likeness (QED) is 0.296. The minimum atomic E-state index is -0.248. The predicted octanol–water partition coefficient (Wildman–Crippen LogP) is 7.91. The van der Waals surface area contributed by atoms with Gasteiger partial charge in [0.25, 0.3) is 0 Å². The lowest BCUT2D eigenvalue weighted by Crippen LogP contribution is -1.96. The van der Waals surface area contributed by atoms with Crippen LogP contribution >= 0.6 is 0 Å². The molecule has 152 valence electrons. The Bertz CT molecular complexity index is 1130. The zero-order valence-electron chi connectivity index (χ0n) is 17.3. The normalized spacial score (nSPS) is 11.2. The van der Waals surface area contributed by atoms with Crippen molar-refractivity contribution in [1.82, 2.24) is 0 Å². The minimum Gasteiger partial charge on any atom is -0.207 e. The first-order chi connectivity index (χ1) is 14.6. The maximum Gasteiger partial charge on any atom is 0.134 e. The van der Waals surface area contributed by atoms with E-state index in [0.717, 1.165) is 28.5 Å². The fraction of sp³-hybridized carbons (Fsp3) is 0.214. The molecule has 0 saturated heterocycles. The van der Waals surface area contributed by atoms with E-state index in [1.54, 1.807) is 12.1 Å². The van der Waals surface area contributed by atoms with Crippen LogP contribution < -0.4 is 0 Å². The number of aryl methyl sites for hydroxylation is 3. The van der Waals surface area contributed by atoms with Crippen molar-refractivity contribution in [3.05, 3.63) is 107 Å². The minimum absolute atomic E-state index is 0.156. The molecule has 0 aliphatic carbocycles. The van der Waals surface area contributed by atoms with Gasteiger partial charge in [0.05, 0.1) is 0 Å². The van der Waals surface area contributed by atoms with Gasteiger partial charge in [0.2, 0.25) is 0 Å². The van der Waals surface area contributed by atoms with Crippen molar-refractivity contribution in [2.24, 2.45) is 0 Å². The summed E-state index contributed by atoms with van der Waals surface area (Å²) in [6.07, 6.45) is 4.79.